The van der Waals surface area contributed by atoms with Gasteiger partial charge in [-0.15, -0.1) is 0 Å². The molecule has 0 fully saturated rings. The van der Waals surface area contributed by atoms with Crippen LogP contribution in [-0.4, -0.2) is 11.1 Å². The molecule has 0 saturated carbocycles. The number of ether oxygens (including phenoxy) is 1. The van der Waals surface area contributed by atoms with Crippen molar-refractivity contribution >= 4 is 17.0 Å². The number of hydrogen-bond donors (Lipinski definition) is 2. The van der Waals surface area contributed by atoms with Crippen molar-refractivity contribution in [2.45, 2.75) is 19.6 Å². The average molecular weight is 370 g/mol. The molecule has 3 aromatic carbocycles. The van der Waals surface area contributed by atoms with E-state index in [1.807, 2.05) is 72.9 Å². The summed E-state index contributed by atoms with van der Waals surface area (Å²) in [6, 6.07) is 25.5. The molecule has 1 aromatic heterocycles. The number of carbonyl (C=O) groups is 1. The van der Waals surface area contributed by atoms with Crippen LogP contribution in [0.1, 0.15) is 28.3 Å². The molecule has 4 heteroatoms. The van der Waals surface area contributed by atoms with Gasteiger partial charge in [0, 0.05) is 22.7 Å². The highest BCUT2D eigenvalue weighted by Gasteiger charge is 2.21. The number of rotatable bonds is 5. The van der Waals surface area contributed by atoms with E-state index in [1.54, 1.807) is 0 Å². The molecule has 4 rings (SSSR count). The summed E-state index contributed by atoms with van der Waals surface area (Å²) in [5, 5.41) is 4.13. The molecule has 0 spiro atoms. The lowest BCUT2D eigenvalue weighted by atomic mass is 9.97. The fraction of sp³-hybridized carbons (Fsp3) is 0.125. The van der Waals surface area contributed by atoms with Gasteiger partial charge in [0.2, 0.25) is 0 Å². The molecular formula is C24H22N2O2. The quantitative estimate of drug-likeness (QED) is 0.488. The number of fused-ring (bicyclic) bond motifs is 1. The number of aromatic nitrogens is 1. The van der Waals surface area contributed by atoms with Gasteiger partial charge in [0.1, 0.15) is 6.61 Å². The summed E-state index contributed by atoms with van der Waals surface area (Å²) in [4.78, 5) is 15.9. The first-order valence-corrected chi connectivity index (χ1v) is 9.31. The Labute approximate surface area is 164 Å². The Bertz CT molecular complexity index is 1070. The maximum Gasteiger partial charge on any atom is 0.408 e. The van der Waals surface area contributed by atoms with Gasteiger partial charge in [-0.25, -0.2) is 4.79 Å². The van der Waals surface area contributed by atoms with E-state index in [0.29, 0.717) is 0 Å². The summed E-state index contributed by atoms with van der Waals surface area (Å²) in [6.45, 7) is 2.31. The van der Waals surface area contributed by atoms with Gasteiger partial charge in [-0.3, -0.25) is 0 Å². The smallest absolute Gasteiger partial charge is 0.408 e. The number of amides is 1. The van der Waals surface area contributed by atoms with Crippen LogP contribution in [0.5, 0.6) is 0 Å². The second-order valence-corrected chi connectivity index (χ2v) is 6.79. The van der Waals surface area contributed by atoms with Crippen LogP contribution in [0.25, 0.3) is 10.9 Å². The Balaban J connectivity index is 1.61. The Morgan fingerprint density at radius 1 is 0.964 bits per heavy atom. The number of aryl methyl sites for hydroxylation is 1. The topological polar surface area (TPSA) is 54.1 Å². The predicted molar refractivity (Wildman–Crippen MR) is 111 cm³/mol. The summed E-state index contributed by atoms with van der Waals surface area (Å²) in [5.74, 6) is 0. The van der Waals surface area contributed by atoms with E-state index in [1.165, 1.54) is 5.56 Å². The Kier molecular flexibility index (Phi) is 5.11. The largest absolute Gasteiger partial charge is 0.445 e. The number of alkyl carbamates (subject to hydrolysis) is 1. The number of carbonyl (C=O) groups excluding carboxylic acids is 1. The van der Waals surface area contributed by atoms with E-state index in [-0.39, 0.29) is 12.6 Å². The van der Waals surface area contributed by atoms with Gasteiger partial charge in [0.25, 0.3) is 0 Å². The minimum absolute atomic E-state index is 0.237. The third-order valence-corrected chi connectivity index (χ3v) is 4.87. The molecule has 0 aliphatic carbocycles. The number of benzene rings is 3. The molecule has 28 heavy (non-hydrogen) atoms. The zero-order chi connectivity index (χ0) is 19.3. The highest BCUT2D eigenvalue weighted by atomic mass is 16.5. The standard InChI is InChI=1S/C24H22N2O2/c1-17-9-8-14-20-21(15-25-22(17)20)23(19-12-6-3-7-13-19)26-24(27)28-16-18-10-4-2-5-11-18/h2-15,23,25H,16H2,1H3,(H,26,27). The minimum Gasteiger partial charge on any atom is -0.445 e. The predicted octanol–water partition coefficient (Wildman–Crippen LogP) is 5.49. The van der Waals surface area contributed by atoms with E-state index in [2.05, 4.69) is 29.4 Å². The van der Waals surface area contributed by atoms with Gasteiger partial charge in [-0.1, -0.05) is 78.9 Å². The van der Waals surface area contributed by atoms with Gasteiger partial charge < -0.3 is 15.0 Å². The molecule has 1 amide bonds. The summed E-state index contributed by atoms with van der Waals surface area (Å²) >= 11 is 0. The van der Waals surface area contributed by atoms with Crippen molar-refractivity contribution in [1.82, 2.24) is 10.3 Å². The molecule has 4 nitrogen and oxygen atoms in total. The average Bonchev–Trinajstić information content (AvgIpc) is 3.17. The second-order valence-electron chi connectivity index (χ2n) is 6.79. The molecule has 0 aliphatic heterocycles. The molecule has 1 atom stereocenters. The molecule has 4 aromatic rings. The first-order valence-electron chi connectivity index (χ1n) is 9.31. The molecular weight excluding hydrogens is 348 g/mol. The van der Waals surface area contributed by atoms with Crippen molar-refractivity contribution in [3.8, 4) is 0 Å². The molecule has 140 valence electrons. The Hall–Kier alpha value is -3.53. The van der Waals surface area contributed by atoms with Crippen LogP contribution in [0.4, 0.5) is 4.79 Å². The fourth-order valence-corrected chi connectivity index (χ4v) is 3.44. The maximum atomic E-state index is 12.6. The zero-order valence-electron chi connectivity index (χ0n) is 15.7. The number of para-hydroxylation sites is 1. The third kappa shape index (κ3) is 3.76. The second kappa shape index (κ2) is 8.01. The first kappa shape index (κ1) is 17.9. The van der Waals surface area contributed by atoms with Crippen LogP contribution < -0.4 is 5.32 Å². The molecule has 2 N–H and O–H groups in total. The van der Waals surface area contributed by atoms with Gasteiger partial charge in [-0.2, -0.15) is 0 Å². The number of nitrogens with one attached hydrogen (secondary N) is 2. The summed E-state index contributed by atoms with van der Waals surface area (Å²) in [7, 11) is 0. The van der Waals surface area contributed by atoms with E-state index in [4.69, 9.17) is 4.74 Å². The zero-order valence-corrected chi connectivity index (χ0v) is 15.7. The first-order chi connectivity index (χ1) is 13.7. The van der Waals surface area contributed by atoms with Crippen LogP contribution in [0.2, 0.25) is 0 Å². The van der Waals surface area contributed by atoms with Gasteiger partial charge in [0.05, 0.1) is 6.04 Å². The van der Waals surface area contributed by atoms with Crippen LogP contribution in [0.15, 0.2) is 85.1 Å². The van der Waals surface area contributed by atoms with Crippen LogP contribution in [0, 0.1) is 6.92 Å². The van der Waals surface area contributed by atoms with E-state index in [9.17, 15) is 4.79 Å². The molecule has 0 saturated heterocycles. The lowest BCUT2D eigenvalue weighted by molar-refractivity contribution is 0.137. The number of hydrogen-bond acceptors (Lipinski definition) is 2. The van der Waals surface area contributed by atoms with Crippen molar-refractivity contribution < 1.29 is 9.53 Å². The van der Waals surface area contributed by atoms with Crippen molar-refractivity contribution in [1.29, 1.82) is 0 Å². The fourth-order valence-electron chi connectivity index (χ4n) is 3.44. The van der Waals surface area contributed by atoms with Crippen molar-refractivity contribution in [2.75, 3.05) is 0 Å². The van der Waals surface area contributed by atoms with Crippen LogP contribution in [-0.2, 0) is 11.3 Å². The maximum absolute atomic E-state index is 12.6. The van der Waals surface area contributed by atoms with E-state index >= 15 is 0 Å². The van der Waals surface area contributed by atoms with Crippen molar-refractivity contribution in [3.63, 3.8) is 0 Å². The normalized spacial score (nSPS) is 11.9. The lowest BCUT2D eigenvalue weighted by Gasteiger charge is -2.19. The number of H-pyrrole nitrogens is 1. The van der Waals surface area contributed by atoms with Crippen LogP contribution >= 0.6 is 0 Å². The van der Waals surface area contributed by atoms with E-state index in [0.717, 1.165) is 27.6 Å². The summed E-state index contributed by atoms with van der Waals surface area (Å²) in [5.41, 5.74) is 5.22. The Morgan fingerprint density at radius 3 is 2.43 bits per heavy atom. The molecule has 0 radical (unpaired) electrons. The SMILES string of the molecule is Cc1cccc2c(C(NC(=O)OCc3ccccc3)c3ccccc3)c[nH]c12. The van der Waals surface area contributed by atoms with Crippen LogP contribution in [0.3, 0.4) is 0 Å². The summed E-state index contributed by atoms with van der Waals surface area (Å²) in [6.07, 6.45) is 1.52. The third-order valence-electron chi connectivity index (χ3n) is 4.87. The molecule has 0 bridgehead atoms. The van der Waals surface area contributed by atoms with Gasteiger partial charge in [0.15, 0.2) is 0 Å². The monoisotopic (exact) mass is 370 g/mol. The highest BCUT2D eigenvalue weighted by molar-refractivity contribution is 5.87. The molecule has 1 unspecified atom stereocenters. The van der Waals surface area contributed by atoms with Gasteiger partial charge >= 0.3 is 6.09 Å². The minimum atomic E-state index is -0.445. The Morgan fingerprint density at radius 2 is 1.68 bits per heavy atom. The van der Waals surface area contributed by atoms with Crippen molar-refractivity contribution in [2.24, 2.45) is 0 Å². The molecule has 1 heterocycles. The number of aromatic amines is 1. The van der Waals surface area contributed by atoms with Gasteiger partial charge in [-0.05, 0) is 23.6 Å². The summed E-state index contributed by atoms with van der Waals surface area (Å²) < 4.78 is 5.45. The molecule has 0 aliphatic rings. The lowest BCUT2D eigenvalue weighted by Crippen LogP contribution is -2.29. The van der Waals surface area contributed by atoms with E-state index < -0.39 is 6.09 Å². The highest BCUT2D eigenvalue weighted by Crippen LogP contribution is 2.30. The van der Waals surface area contributed by atoms with Crippen molar-refractivity contribution in [3.05, 3.63) is 107 Å².